The van der Waals surface area contributed by atoms with Gasteiger partial charge >= 0.3 is 0 Å². The molecule has 0 amide bonds. The lowest BCUT2D eigenvalue weighted by molar-refractivity contribution is 0.421. The van der Waals surface area contributed by atoms with Crippen molar-refractivity contribution in [3.63, 3.8) is 0 Å². The molecule has 11 rings (SSSR count). The Hall–Kier alpha value is -8.29. The third-order valence-corrected chi connectivity index (χ3v) is 12.1. The van der Waals surface area contributed by atoms with E-state index in [1.165, 1.54) is 0 Å². The third kappa shape index (κ3) is 7.23. The second-order valence-electron chi connectivity index (χ2n) is 16.5. The molecule has 7 nitrogen and oxygen atoms in total. The van der Waals surface area contributed by atoms with E-state index in [4.69, 9.17) is 29.7 Å². The van der Waals surface area contributed by atoms with Gasteiger partial charge in [0.2, 0.25) is 0 Å². The van der Waals surface area contributed by atoms with Crippen molar-refractivity contribution in [2.24, 2.45) is 9.98 Å². The summed E-state index contributed by atoms with van der Waals surface area (Å²) in [5.41, 5.74) is 11.9. The minimum Gasteiger partial charge on any atom is -0.455 e. The number of amidine groups is 2. The fourth-order valence-electron chi connectivity index (χ4n) is 8.64. The van der Waals surface area contributed by atoms with Crippen LogP contribution in [0.5, 0.6) is 11.5 Å². The lowest BCUT2D eigenvalue weighted by Gasteiger charge is -2.36. The van der Waals surface area contributed by atoms with Crippen LogP contribution >= 0.6 is 0 Å². The van der Waals surface area contributed by atoms with Gasteiger partial charge in [0.15, 0.2) is 23.3 Å². The van der Waals surface area contributed by atoms with Crippen molar-refractivity contribution in [3.05, 3.63) is 234 Å². The molecule has 306 valence electrons. The first kappa shape index (κ1) is 38.6. The van der Waals surface area contributed by atoms with Crippen LogP contribution in [-0.4, -0.2) is 26.6 Å². The number of para-hydroxylation sites is 2. The summed E-state index contributed by atoms with van der Waals surface area (Å²) < 4.78 is 7.12. The Morgan fingerprint density at radius 2 is 0.812 bits per heavy atom. The number of fused-ring (bicyclic) bond motifs is 2. The van der Waals surface area contributed by atoms with Crippen LogP contribution in [0.3, 0.4) is 0 Å². The van der Waals surface area contributed by atoms with Crippen molar-refractivity contribution in [1.82, 2.24) is 20.3 Å². The first-order valence-electron chi connectivity index (χ1n) is 21.5. The number of aromatic nitrogens is 3. The molecule has 8 aromatic carbocycles. The molecule has 1 aromatic heterocycles. The van der Waals surface area contributed by atoms with Crippen LogP contribution in [0.1, 0.15) is 47.8 Å². The number of nitrogens with one attached hydrogen (secondary N) is 1. The first-order chi connectivity index (χ1) is 31.5. The summed E-state index contributed by atoms with van der Waals surface area (Å²) in [6.07, 6.45) is -0.320. The van der Waals surface area contributed by atoms with E-state index in [1.54, 1.807) is 0 Å². The van der Waals surface area contributed by atoms with Gasteiger partial charge in [0.05, 0.1) is 0 Å². The van der Waals surface area contributed by atoms with Crippen LogP contribution in [0.15, 0.2) is 216 Å². The number of hydrogen-bond donors (Lipinski definition) is 1. The van der Waals surface area contributed by atoms with E-state index >= 15 is 0 Å². The highest BCUT2D eigenvalue weighted by molar-refractivity contribution is 6.13. The minimum atomic E-state index is -0.330. The van der Waals surface area contributed by atoms with Crippen molar-refractivity contribution in [2.75, 3.05) is 0 Å². The summed E-state index contributed by atoms with van der Waals surface area (Å²) in [5.74, 6) is 5.09. The standard InChI is InChI=1S/C57H42N6O/c1-57(2)47-27-15-25-45(37-29-33-43(34-30-37)55-60-51(39-17-7-3-8-18-39)58-52(61-55)40-19-9-4-10-20-40)49(47)64-50-46(26-16-28-48(50)57)38-31-35-44(36-32-38)56-62-53(41-21-11-5-12-22-41)59-54(63-56)42-23-13-6-14-24-42/h3-36,55H,1-2H3,(H,58,60,61). The SMILES string of the molecule is CC1(C)c2cccc(-c3ccc(-c4nc(-c5ccccc5)nc(-c5ccccc5)n4)cc3)c2Oc2c(-c3ccc(C4N=C(c5ccccc5)N=C(c5ccccc5)N4)cc3)cccc21. The Morgan fingerprint density at radius 1 is 0.406 bits per heavy atom. The van der Waals surface area contributed by atoms with Gasteiger partial charge in [0.25, 0.3) is 0 Å². The van der Waals surface area contributed by atoms with Gasteiger partial charge in [0.1, 0.15) is 23.5 Å². The molecule has 0 fully saturated rings. The van der Waals surface area contributed by atoms with Crippen LogP contribution in [0.4, 0.5) is 0 Å². The summed E-state index contributed by atoms with van der Waals surface area (Å²) in [5, 5.41) is 3.60. The van der Waals surface area contributed by atoms with Gasteiger partial charge in [-0.05, 0) is 16.7 Å². The number of benzene rings is 8. The van der Waals surface area contributed by atoms with Crippen molar-refractivity contribution in [1.29, 1.82) is 0 Å². The number of rotatable bonds is 8. The molecule has 0 spiro atoms. The fraction of sp³-hybridized carbons (Fsp3) is 0.0702. The van der Waals surface area contributed by atoms with Gasteiger partial charge in [-0.1, -0.05) is 220 Å². The average Bonchev–Trinajstić information content (AvgIpc) is 3.37. The summed E-state index contributed by atoms with van der Waals surface area (Å²) in [6, 6.07) is 70.5. The Labute approximate surface area is 372 Å². The predicted octanol–water partition coefficient (Wildman–Crippen LogP) is 13.1. The number of nitrogens with zero attached hydrogens (tertiary/aromatic N) is 5. The lowest BCUT2D eigenvalue weighted by atomic mass is 9.74. The number of hydrogen-bond acceptors (Lipinski definition) is 7. The molecule has 3 heterocycles. The molecule has 0 bridgehead atoms. The van der Waals surface area contributed by atoms with Crippen molar-refractivity contribution < 1.29 is 4.74 Å². The molecule has 1 N–H and O–H groups in total. The highest BCUT2D eigenvalue weighted by Gasteiger charge is 2.37. The van der Waals surface area contributed by atoms with Crippen LogP contribution in [0.25, 0.3) is 56.4 Å². The number of aliphatic imine (C=N–C) groups is 2. The summed E-state index contributed by atoms with van der Waals surface area (Å²) in [7, 11) is 0. The zero-order valence-corrected chi connectivity index (χ0v) is 35.4. The highest BCUT2D eigenvalue weighted by atomic mass is 16.5. The molecule has 2 aliphatic heterocycles. The molecule has 2 aliphatic rings. The molecular formula is C57H42N6O. The molecular weight excluding hydrogens is 785 g/mol. The summed E-state index contributed by atoms with van der Waals surface area (Å²) in [4.78, 5) is 24.8. The zero-order valence-electron chi connectivity index (χ0n) is 35.4. The Balaban J connectivity index is 0.919. The highest BCUT2D eigenvalue weighted by Crippen LogP contribution is 2.54. The Morgan fingerprint density at radius 3 is 1.30 bits per heavy atom. The molecule has 0 aliphatic carbocycles. The van der Waals surface area contributed by atoms with E-state index in [-0.39, 0.29) is 11.6 Å². The third-order valence-electron chi connectivity index (χ3n) is 12.1. The van der Waals surface area contributed by atoms with E-state index in [9.17, 15) is 0 Å². The van der Waals surface area contributed by atoms with Gasteiger partial charge in [-0.15, -0.1) is 0 Å². The van der Waals surface area contributed by atoms with Crippen LogP contribution in [-0.2, 0) is 5.41 Å². The van der Waals surface area contributed by atoms with Crippen molar-refractivity contribution in [2.45, 2.75) is 25.4 Å². The predicted molar refractivity (Wildman–Crippen MR) is 257 cm³/mol. The second-order valence-corrected chi connectivity index (χ2v) is 16.5. The van der Waals surface area contributed by atoms with Crippen LogP contribution in [0.2, 0.25) is 0 Å². The quantitative estimate of drug-likeness (QED) is 0.165. The average molecular weight is 827 g/mol. The maximum atomic E-state index is 7.12. The first-order valence-corrected chi connectivity index (χ1v) is 21.5. The van der Waals surface area contributed by atoms with Gasteiger partial charge in [-0.3, -0.25) is 0 Å². The molecule has 64 heavy (non-hydrogen) atoms. The molecule has 7 heteroatoms. The monoisotopic (exact) mass is 826 g/mol. The maximum absolute atomic E-state index is 7.12. The Kier molecular flexibility index (Phi) is 9.77. The topological polar surface area (TPSA) is 84.7 Å². The molecule has 0 saturated carbocycles. The summed E-state index contributed by atoms with van der Waals surface area (Å²) in [6.45, 7) is 4.57. The normalized spacial score (nSPS) is 14.8. The zero-order chi connectivity index (χ0) is 43.0. The number of ether oxygens (including phenoxy) is 1. The van der Waals surface area contributed by atoms with E-state index in [2.05, 4.69) is 128 Å². The van der Waals surface area contributed by atoms with Crippen LogP contribution in [0, 0.1) is 0 Å². The van der Waals surface area contributed by atoms with E-state index in [1.807, 2.05) is 97.1 Å². The second kappa shape index (κ2) is 16.2. The summed E-state index contributed by atoms with van der Waals surface area (Å²) >= 11 is 0. The van der Waals surface area contributed by atoms with Gasteiger partial charge in [-0.2, -0.15) is 0 Å². The minimum absolute atomic E-state index is 0.320. The van der Waals surface area contributed by atoms with Gasteiger partial charge in [-0.25, -0.2) is 24.9 Å². The molecule has 1 atom stereocenters. The van der Waals surface area contributed by atoms with Crippen molar-refractivity contribution >= 4 is 11.7 Å². The fourth-order valence-corrected chi connectivity index (χ4v) is 8.64. The Bertz CT molecular complexity index is 3150. The van der Waals surface area contributed by atoms with Gasteiger partial charge in [0, 0.05) is 55.5 Å². The van der Waals surface area contributed by atoms with Crippen molar-refractivity contribution in [3.8, 4) is 67.9 Å². The van der Waals surface area contributed by atoms with E-state index in [0.29, 0.717) is 23.3 Å². The van der Waals surface area contributed by atoms with Crippen LogP contribution < -0.4 is 10.1 Å². The largest absolute Gasteiger partial charge is 0.455 e. The van der Waals surface area contributed by atoms with E-state index < -0.39 is 0 Å². The molecule has 0 radical (unpaired) electrons. The van der Waals surface area contributed by atoms with Gasteiger partial charge < -0.3 is 10.1 Å². The smallest absolute Gasteiger partial charge is 0.164 e. The molecule has 9 aromatic rings. The maximum Gasteiger partial charge on any atom is 0.164 e. The lowest BCUT2D eigenvalue weighted by Crippen LogP contribution is -2.33. The molecule has 0 saturated heterocycles. The molecule has 1 unspecified atom stereocenters. The van der Waals surface area contributed by atoms with E-state index in [0.717, 1.165) is 84.1 Å².